The van der Waals surface area contributed by atoms with Crippen LogP contribution in [0, 0.1) is 17.0 Å². The molecule has 14 heavy (non-hydrogen) atoms. The van der Waals surface area contributed by atoms with E-state index in [2.05, 4.69) is 4.99 Å². The molecule has 1 aromatic carbocycles. The molecule has 0 radical (unpaired) electrons. The van der Waals surface area contributed by atoms with E-state index < -0.39 is 4.92 Å². The van der Waals surface area contributed by atoms with Crippen molar-refractivity contribution in [1.82, 2.24) is 0 Å². The summed E-state index contributed by atoms with van der Waals surface area (Å²) < 4.78 is 0. The molecule has 0 saturated carbocycles. The molecule has 0 amide bonds. The highest BCUT2D eigenvalue weighted by atomic mass is 35.5. The topological polar surface area (TPSA) is 72.6 Å². The van der Waals surface area contributed by atoms with Gasteiger partial charge in [0.25, 0.3) is 5.69 Å². The fourth-order valence-electron chi connectivity index (χ4n) is 0.972. The summed E-state index contributed by atoms with van der Waals surface area (Å²) in [4.78, 5) is 23.2. The molecule has 1 rings (SSSR count). The average Bonchev–Trinajstić information content (AvgIpc) is 2.13. The third kappa shape index (κ3) is 1.79. The summed E-state index contributed by atoms with van der Waals surface area (Å²) in [7, 11) is 0. The van der Waals surface area contributed by atoms with Gasteiger partial charge in [0.2, 0.25) is 6.08 Å². The number of halogens is 1. The Morgan fingerprint density at radius 1 is 1.57 bits per heavy atom. The number of hydrogen-bond donors (Lipinski definition) is 0. The van der Waals surface area contributed by atoms with E-state index in [1.807, 2.05) is 0 Å². The molecule has 1 aromatic rings. The minimum Gasteiger partial charge on any atom is -0.258 e. The third-order valence-electron chi connectivity index (χ3n) is 1.70. The minimum absolute atomic E-state index is 0.00787. The van der Waals surface area contributed by atoms with Gasteiger partial charge in [-0.15, -0.1) is 0 Å². The van der Waals surface area contributed by atoms with Crippen molar-refractivity contribution in [3.63, 3.8) is 0 Å². The molecule has 72 valence electrons. The van der Waals surface area contributed by atoms with Crippen molar-refractivity contribution in [2.45, 2.75) is 6.92 Å². The molecule has 0 aliphatic rings. The fourth-order valence-corrected chi connectivity index (χ4v) is 1.20. The SMILES string of the molecule is Cc1c(N=C=O)ccc([N+](=O)[O-])c1Cl. The summed E-state index contributed by atoms with van der Waals surface area (Å²) >= 11 is 5.70. The lowest BCUT2D eigenvalue weighted by atomic mass is 10.2. The molecule has 0 aromatic heterocycles. The van der Waals surface area contributed by atoms with Gasteiger partial charge in [0, 0.05) is 11.6 Å². The summed E-state index contributed by atoms with van der Waals surface area (Å²) in [6.45, 7) is 1.55. The van der Waals surface area contributed by atoms with Crippen LogP contribution in [0.25, 0.3) is 0 Å². The van der Waals surface area contributed by atoms with E-state index in [4.69, 9.17) is 11.6 Å². The number of nitro groups is 1. The Hall–Kier alpha value is -1.71. The van der Waals surface area contributed by atoms with Crippen LogP contribution in [-0.2, 0) is 4.79 Å². The Balaban J connectivity index is 3.40. The van der Waals surface area contributed by atoms with E-state index in [1.54, 1.807) is 6.92 Å². The Labute approximate surface area is 84.2 Å². The molecule has 0 unspecified atom stereocenters. The van der Waals surface area contributed by atoms with E-state index in [0.717, 1.165) is 0 Å². The first kappa shape index (κ1) is 10.4. The van der Waals surface area contributed by atoms with E-state index in [9.17, 15) is 14.9 Å². The smallest absolute Gasteiger partial charge is 0.258 e. The highest BCUT2D eigenvalue weighted by Crippen LogP contribution is 2.33. The molecule has 0 spiro atoms. The second-order valence-electron chi connectivity index (χ2n) is 2.50. The number of nitrogens with zero attached hydrogens (tertiary/aromatic N) is 2. The van der Waals surface area contributed by atoms with Gasteiger partial charge in [-0.25, -0.2) is 4.79 Å². The number of hydrogen-bond acceptors (Lipinski definition) is 4. The van der Waals surface area contributed by atoms with Crippen LogP contribution in [0.4, 0.5) is 11.4 Å². The maximum Gasteiger partial charge on any atom is 0.288 e. The summed E-state index contributed by atoms with van der Waals surface area (Å²) in [5.74, 6) is 0. The largest absolute Gasteiger partial charge is 0.288 e. The van der Waals surface area contributed by atoms with Crippen LogP contribution in [0.15, 0.2) is 17.1 Å². The normalized spacial score (nSPS) is 9.29. The van der Waals surface area contributed by atoms with Gasteiger partial charge in [-0.05, 0) is 13.0 Å². The molecule has 0 aliphatic carbocycles. The maximum atomic E-state index is 10.5. The van der Waals surface area contributed by atoms with Crippen LogP contribution < -0.4 is 0 Å². The number of carbonyl (C=O) groups excluding carboxylic acids is 1. The Morgan fingerprint density at radius 2 is 2.21 bits per heavy atom. The van der Waals surface area contributed by atoms with Gasteiger partial charge in [0.1, 0.15) is 5.02 Å². The van der Waals surface area contributed by atoms with Crippen molar-refractivity contribution in [2.24, 2.45) is 4.99 Å². The zero-order valence-electron chi connectivity index (χ0n) is 7.15. The Kier molecular flexibility index (Phi) is 2.96. The molecule has 6 heteroatoms. The summed E-state index contributed by atoms with van der Waals surface area (Å²) in [6, 6.07) is 2.55. The van der Waals surface area contributed by atoms with Crippen LogP contribution in [0.5, 0.6) is 0 Å². The van der Waals surface area contributed by atoms with E-state index in [-0.39, 0.29) is 16.4 Å². The number of rotatable bonds is 2. The second kappa shape index (κ2) is 4.00. The summed E-state index contributed by atoms with van der Waals surface area (Å²) in [5.41, 5.74) is 0.480. The van der Waals surface area contributed by atoms with Gasteiger partial charge in [0.15, 0.2) is 0 Å². The standard InChI is InChI=1S/C8H5ClN2O3/c1-5-6(10-4-12)2-3-7(8(5)9)11(13)14/h2-3H,1H3. The van der Waals surface area contributed by atoms with Crippen molar-refractivity contribution in [3.8, 4) is 0 Å². The van der Waals surface area contributed by atoms with Gasteiger partial charge in [0.05, 0.1) is 10.6 Å². The number of isocyanates is 1. The monoisotopic (exact) mass is 212 g/mol. The summed E-state index contributed by atoms with van der Waals surface area (Å²) in [6.07, 6.45) is 1.35. The van der Waals surface area contributed by atoms with E-state index in [1.165, 1.54) is 18.2 Å². The molecule has 0 fully saturated rings. The lowest BCUT2D eigenvalue weighted by Crippen LogP contribution is -1.90. The van der Waals surface area contributed by atoms with Gasteiger partial charge in [-0.2, -0.15) is 4.99 Å². The molecular formula is C8H5ClN2O3. The highest BCUT2D eigenvalue weighted by molar-refractivity contribution is 6.33. The second-order valence-corrected chi connectivity index (χ2v) is 2.88. The fraction of sp³-hybridized carbons (Fsp3) is 0.125. The van der Waals surface area contributed by atoms with Gasteiger partial charge in [-0.3, -0.25) is 10.1 Å². The maximum absolute atomic E-state index is 10.5. The molecule has 0 aliphatic heterocycles. The van der Waals surface area contributed by atoms with Crippen LogP contribution in [-0.4, -0.2) is 11.0 Å². The number of benzene rings is 1. The lowest BCUT2D eigenvalue weighted by Gasteiger charge is -2.01. The van der Waals surface area contributed by atoms with Crippen molar-refractivity contribution in [2.75, 3.05) is 0 Å². The Bertz CT molecular complexity index is 411. The van der Waals surface area contributed by atoms with Crippen molar-refractivity contribution < 1.29 is 9.72 Å². The molecule has 0 atom stereocenters. The molecule has 0 saturated heterocycles. The molecule has 0 N–H and O–H groups in total. The van der Waals surface area contributed by atoms with Gasteiger partial charge >= 0.3 is 0 Å². The highest BCUT2D eigenvalue weighted by Gasteiger charge is 2.16. The zero-order chi connectivity index (χ0) is 10.7. The number of nitro benzene ring substituents is 1. The van der Waals surface area contributed by atoms with Crippen LogP contribution in [0.3, 0.4) is 0 Å². The number of aliphatic imine (C=N–C) groups is 1. The first-order valence-electron chi connectivity index (χ1n) is 3.59. The average molecular weight is 213 g/mol. The van der Waals surface area contributed by atoms with Crippen LogP contribution in [0.2, 0.25) is 5.02 Å². The van der Waals surface area contributed by atoms with Crippen LogP contribution in [0.1, 0.15) is 5.56 Å². The first-order valence-corrected chi connectivity index (χ1v) is 3.97. The van der Waals surface area contributed by atoms with Gasteiger partial charge in [-0.1, -0.05) is 11.6 Å². The predicted octanol–water partition coefficient (Wildman–Crippen LogP) is 2.52. The molecule has 0 heterocycles. The molecule has 5 nitrogen and oxygen atoms in total. The quantitative estimate of drug-likeness (QED) is 0.327. The van der Waals surface area contributed by atoms with Crippen LogP contribution >= 0.6 is 11.6 Å². The summed E-state index contributed by atoms with van der Waals surface area (Å²) in [5, 5.41) is 10.4. The lowest BCUT2D eigenvalue weighted by molar-refractivity contribution is -0.384. The minimum atomic E-state index is -0.594. The van der Waals surface area contributed by atoms with Crippen molar-refractivity contribution >= 4 is 29.1 Å². The molecule has 0 bridgehead atoms. The van der Waals surface area contributed by atoms with Crippen molar-refractivity contribution in [3.05, 3.63) is 32.8 Å². The zero-order valence-corrected chi connectivity index (χ0v) is 7.91. The third-order valence-corrected chi connectivity index (χ3v) is 2.18. The first-order chi connectivity index (χ1) is 6.57. The van der Waals surface area contributed by atoms with Crippen molar-refractivity contribution in [1.29, 1.82) is 0 Å². The van der Waals surface area contributed by atoms with Gasteiger partial charge < -0.3 is 0 Å². The van der Waals surface area contributed by atoms with E-state index >= 15 is 0 Å². The predicted molar refractivity (Wildman–Crippen MR) is 50.6 cm³/mol. The molecular weight excluding hydrogens is 208 g/mol. The van der Waals surface area contributed by atoms with E-state index in [0.29, 0.717) is 5.56 Å². The Morgan fingerprint density at radius 3 is 2.71 bits per heavy atom.